The van der Waals surface area contributed by atoms with E-state index in [0.717, 1.165) is 0 Å². The molecule has 0 unspecified atom stereocenters. The highest BCUT2D eigenvalue weighted by atomic mass is 19.1. The summed E-state index contributed by atoms with van der Waals surface area (Å²) in [6.07, 6.45) is 3.27. The number of amides is 1. The second-order valence-corrected chi connectivity index (χ2v) is 4.43. The van der Waals surface area contributed by atoms with Gasteiger partial charge < -0.3 is 5.32 Å². The number of carbonyl (C=O) groups excluding carboxylic acids is 1. The third-order valence-corrected chi connectivity index (χ3v) is 3.00. The molecule has 0 radical (unpaired) electrons. The first-order valence-corrected chi connectivity index (χ1v) is 6.41. The first-order valence-electron chi connectivity index (χ1n) is 6.41. The van der Waals surface area contributed by atoms with Crippen LogP contribution in [0.15, 0.2) is 42.7 Å². The SMILES string of the molecule is O=C(NCCn1ccnn1)c1ccc2cccc(F)c2n1. The third-order valence-electron chi connectivity index (χ3n) is 3.00. The van der Waals surface area contributed by atoms with Crippen LogP contribution in [0.4, 0.5) is 4.39 Å². The molecule has 106 valence electrons. The maximum absolute atomic E-state index is 13.7. The molecule has 3 rings (SSSR count). The van der Waals surface area contributed by atoms with Gasteiger partial charge in [-0.25, -0.2) is 9.37 Å². The number of hydrogen-bond donors (Lipinski definition) is 1. The van der Waals surface area contributed by atoms with Gasteiger partial charge in [-0.2, -0.15) is 0 Å². The first-order chi connectivity index (χ1) is 10.2. The molecule has 0 saturated carbocycles. The van der Waals surface area contributed by atoms with E-state index in [9.17, 15) is 9.18 Å². The zero-order valence-corrected chi connectivity index (χ0v) is 11.0. The van der Waals surface area contributed by atoms with E-state index in [4.69, 9.17) is 0 Å². The van der Waals surface area contributed by atoms with Crippen molar-refractivity contribution in [3.05, 3.63) is 54.2 Å². The Kier molecular flexibility index (Phi) is 3.55. The number of halogens is 1. The topological polar surface area (TPSA) is 72.7 Å². The van der Waals surface area contributed by atoms with E-state index in [-0.39, 0.29) is 17.1 Å². The maximum atomic E-state index is 13.7. The summed E-state index contributed by atoms with van der Waals surface area (Å²) >= 11 is 0. The summed E-state index contributed by atoms with van der Waals surface area (Å²) in [5, 5.41) is 10.8. The molecule has 0 fully saturated rings. The number of para-hydroxylation sites is 1. The van der Waals surface area contributed by atoms with Crippen molar-refractivity contribution in [2.45, 2.75) is 6.54 Å². The molecule has 6 nitrogen and oxygen atoms in total. The number of carbonyl (C=O) groups is 1. The monoisotopic (exact) mass is 285 g/mol. The van der Waals surface area contributed by atoms with Crippen molar-refractivity contribution in [2.24, 2.45) is 0 Å². The van der Waals surface area contributed by atoms with Crippen LogP contribution in [0.5, 0.6) is 0 Å². The summed E-state index contributed by atoms with van der Waals surface area (Å²) in [5.74, 6) is -0.787. The van der Waals surface area contributed by atoms with Crippen LogP contribution in [0.25, 0.3) is 10.9 Å². The number of hydrogen-bond acceptors (Lipinski definition) is 4. The Hall–Kier alpha value is -2.83. The van der Waals surface area contributed by atoms with Crippen molar-refractivity contribution in [1.82, 2.24) is 25.3 Å². The molecule has 1 amide bonds. The van der Waals surface area contributed by atoms with Crippen LogP contribution in [0.1, 0.15) is 10.5 Å². The van der Waals surface area contributed by atoms with Gasteiger partial charge in [-0.3, -0.25) is 9.48 Å². The van der Waals surface area contributed by atoms with Crippen LogP contribution in [0.3, 0.4) is 0 Å². The summed E-state index contributed by atoms with van der Waals surface area (Å²) in [7, 11) is 0. The van der Waals surface area contributed by atoms with E-state index < -0.39 is 5.82 Å². The number of rotatable bonds is 4. The first kappa shape index (κ1) is 13.2. The summed E-state index contributed by atoms with van der Waals surface area (Å²) in [5.41, 5.74) is 0.382. The van der Waals surface area contributed by atoms with E-state index >= 15 is 0 Å². The normalized spacial score (nSPS) is 10.7. The molecule has 0 aliphatic carbocycles. The third kappa shape index (κ3) is 2.86. The van der Waals surface area contributed by atoms with Crippen molar-refractivity contribution in [1.29, 1.82) is 0 Å². The molecular formula is C14H12FN5O. The highest BCUT2D eigenvalue weighted by Crippen LogP contribution is 2.15. The zero-order chi connectivity index (χ0) is 14.7. The lowest BCUT2D eigenvalue weighted by Crippen LogP contribution is -2.28. The Morgan fingerprint density at radius 3 is 3.00 bits per heavy atom. The van der Waals surface area contributed by atoms with Gasteiger partial charge in [-0.05, 0) is 12.1 Å². The lowest BCUT2D eigenvalue weighted by molar-refractivity contribution is 0.0947. The average Bonchev–Trinajstić information content (AvgIpc) is 3.00. The minimum Gasteiger partial charge on any atom is -0.349 e. The van der Waals surface area contributed by atoms with Crippen molar-refractivity contribution >= 4 is 16.8 Å². The highest BCUT2D eigenvalue weighted by molar-refractivity contribution is 5.94. The van der Waals surface area contributed by atoms with Crippen molar-refractivity contribution in [2.75, 3.05) is 6.54 Å². The molecule has 1 aromatic carbocycles. The van der Waals surface area contributed by atoms with Gasteiger partial charge in [0.25, 0.3) is 5.91 Å². The quantitative estimate of drug-likeness (QED) is 0.786. The summed E-state index contributed by atoms with van der Waals surface area (Å²) < 4.78 is 15.3. The number of pyridine rings is 1. The molecule has 21 heavy (non-hydrogen) atoms. The van der Waals surface area contributed by atoms with E-state index in [0.29, 0.717) is 18.5 Å². The number of nitrogens with one attached hydrogen (secondary N) is 1. The molecule has 3 aromatic rings. The molecule has 2 heterocycles. The van der Waals surface area contributed by atoms with Gasteiger partial charge in [-0.15, -0.1) is 5.10 Å². The van der Waals surface area contributed by atoms with E-state index in [1.54, 1.807) is 41.3 Å². The van der Waals surface area contributed by atoms with Crippen LogP contribution in [-0.2, 0) is 6.54 Å². The summed E-state index contributed by atoms with van der Waals surface area (Å²) in [4.78, 5) is 16.1. The smallest absolute Gasteiger partial charge is 0.269 e. The molecular weight excluding hydrogens is 273 g/mol. The zero-order valence-electron chi connectivity index (χ0n) is 11.0. The Morgan fingerprint density at radius 2 is 2.19 bits per heavy atom. The highest BCUT2D eigenvalue weighted by Gasteiger charge is 2.09. The second kappa shape index (κ2) is 5.66. The summed E-state index contributed by atoms with van der Waals surface area (Å²) in [6.45, 7) is 0.896. The second-order valence-electron chi connectivity index (χ2n) is 4.43. The molecule has 1 N–H and O–H groups in total. The van der Waals surface area contributed by atoms with Gasteiger partial charge in [0.2, 0.25) is 0 Å². The van der Waals surface area contributed by atoms with Crippen LogP contribution in [0, 0.1) is 5.82 Å². The van der Waals surface area contributed by atoms with Gasteiger partial charge in [0.1, 0.15) is 17.0 Å². The molecule has 0 saturated heterocycles. The lowest BCUT2D eigenvalue weighted by atomic mass is 10.2. The number of fused-ring (bicyclic) bond motifs is 1. The van der Waals surface area contributed by atoms with Crippen LogP contribution in [-0.4, -0.2) is 32.4 Å². The van der Waals surface area contributed by atoms with Gasteiger partial charge in [-0.1, -0.05) is 23.4 Å². The van der Waals surface area contributed by atoms with Crippen molar-refractivity contribution in [3.63, 3.8) is 0 Å². The maximum Gasteiger partial charge on any atom is 0.269 e. The van der Waals surface area contributed by atoms with Gasteiger partial charge >= 0.3 is 0 Å². The van der Waals surface area contributed by atoms with Crippen LogP contribution in [0.2, 0.25) is 0 Å². The molecule has 0 aliphatic heterocycles. The molecule has 0 bridgehead atoms. The van der Waals surface area contributed by atoms with Gasteiger partial charge in [0, 0.05) is 18.1 Å². The Morgan fingerprint density at radius 1 is 1.29 bits per heavy atom. The fourth-order valence-corrected chi connectivity index (χ4v) is 1.96. The fourth-order valence-electron chi connectivity index (χ4n) is 1.96. The molecule has 0 spiro atoms. The molecule has 0 atom stereocenters. The fraction of sp³-hybridized carbons (Fsp3) is 0.143. The molecule has 2 aromatic heterocycles. The molecule has 0 aliphatic rings. The van der Waals surface area contributed by atoms with E-state index in [2.05, 4.69) is 20.6 Å². The van der Waals surface area contributed by atoms with Gasteiger partial charge in [0.15, 0.2) is 0 Å². The molecule has 7 heteroatoms. The standard InChI is InChI=1S/C14H12FN5O/c15-11-3-1-2-10-4-5-12(18-13(10)11)14(21)16-6-8-20-9-7-17-19-20/h1-5,7,9H,6,8H2,(H,16,21). The Labute approximate surface area is 119 Å². The van der Waals surface area contributed by atoms with E-state index in [1.807, 2.05) is 0 Å². The summed E-state index contributed by atoms with van der Waals surface area (Å²) in [6, 6.07) is 7.93. The lowest BCUT2D eigenvalue weighted by Gasteiger charge is -2.06. The Bertz CT molecular complexity index is 772. The minimum absolute atomic E-state index is 0.186. The largest absolute Gasteiger partial charge is 0.349 e. The van der Waals surface area contributed by atoms with Crippen molar-refractivity contribution < 1.29 is 9.18 Å². The van der Waals surface area contributed by atoms with Crippen LogP contribution < -0.4 is 5.32 Å². The minimum atomic E-state index is -0.440. The predicted molar refractivity (Wildman–Crippen MR) is 74.1 cm³/mol. The number of benzene rings is 1. The average molecular weight is 285 g/mol. The number of nitrogens with zero attached hydrogens (tertiary/aromatic N) is 4. The van der Waals surface area contributed by atoms with E-state index in [1.165, 1.54) is 6.07 Å². The van der Waals surface area contributed by atoms with Gasteiger partial charge in [0.05, 0.1) is 12.7 Å². The van der Waals surface area contributed by atoms with Crippen LogP contribution >= 0.6 is 0 Å². The Balaban J connectivity index is 1.71. The van der Waals surface area contributed by atoms with Crippen molar-refractivity contribution in [3.8, 4) is 0 Å². The predicted octanol–water partition coefficient (Wildman–Crippen LogP) is 1.40. The number of aromatic nitrogens is 4.